The van der Waals surface area contributed by atoms with Crippen LogP contribution in [0.25, 0.3) is 0 Å². The van der Waals surface area contributed by atoms with Crippen molar-refractivity contribution in [3.8, 4) is 0 Å². The lowest BCUT2D eigenvalue weighted by atomic mass is 10.1. The van der Waals surface area contributed by atoms with Gasteiger partial charge in [0.1, 0.15) is 12.7 Å². The first-order valence-electron chi connectivity index (χ1n) is 3.38. The Hall–Kier alpha value is -0.680. The first-order chi connectivity index (χ1) is 5.07. The van der Waals surface area contributed by atoms with E-state index in [9.17, 15) is 9.18 Å². The zero-order chi connectivity index (χ0) is 8.85. The summed E-state index contributed by atoms with van der Waals surface area (Å²) >= 11 is 0. The molecule has 0 aliphatic rings. The van der Waals surface area contributed by atoms with Crippen LogP contribution in [0, 0.1) is 0 Å². The summed E-state index contributed by atoms with van der Waals surface area (Å²) in [7, 11) is 0. The van der Waals surface area contributed by atoms with Gasteiger partial charge in [0.05, 0.1) is 0 Å². The van der Waals surface area contributed by atoms with E-state index in [1.165, 1.54) is 0 Å². The van der Waals surface area contributed by atoms with Crippen LogP contribution in [-0.2, 0) is 4.79 Å². The molecule has 5 N–H and O–H groups in total. The quantitative estimate of drug-likeness (QED) is 0.509. The summed E-state index contributed by atoms with van der Waals surface area (Å²) in [6.07, 6.45) is 0.532. The number of aliphatic carboxylic acids is 1. The standard InChI is InChI=1S/C6H13FN2O2/c7-3-4(8)1-2-5(9)6(10)11/h4-5H,1-3,8-9H2,(H,10,11)/t4?,5-/m0/s1. The highest BCUT2D eigenvalue weighted by atomic mass is 19.1. The molecule has 0 radical (unpaired) electrons. The number of hydrogen-bond acceptors (Lipinski definition) is 3. The predicted octanol–water partition coefficient (Wildman–Crippen LogP) is -0.525. The van der Waals surface area contributed by atoms with Crippen molar-refractivity contribution in [3.63, 3.8) is 0 Å². The van der Waals surface area contributed by atoms with Gasteiger partial charge in [-0.05, 0) is 12.8 Å². The number of carboxylic acids is 1. The van der Waals surface area contributed by atoms with Crippen molar-refractivity contribution in [2.75, 3.05) is 6.67 Å². The predicted molar refractivity (Wildman–Crippen MR) is 38.8 cm³/mol. The van der Waals surface area contributed by atoms with Gasteiger partial charge in [0.2, 0.25) is 0 Å². The fourth-order valence-corrected chi connectivity index (χ4v) is 0.594. The minimum absolute atomic E-state index is 0.223. The summed E-state index contributed by atoms with van der Waals surface area (Å²) in [4.78, 5) is 10.1. The highest BCUT2D eigenvalue weighted by Crippen LogP contribution is 1.98. The van der Waals surface area contributed by atoms with Crippen molar-refractivity contribution in [3.05, 3.63) is 0 Å². The maximum Gasteiger partial charge on any atom is 0.320 e. The summed E-state index contributed by atoms with van der Waals surface area (Å²) < 4.78 is 11.7. The van der Waals surface area contributed by atoms with Gasteiger partial charge >= 0.3 is 5.97 Å². The number of carboxylic acid groups (broad SMARTS) is 1. The topological polar surface area (TPSA) is 89.3 Å². The van der Waals surface area contributed by atoms with Crippen LogP contribution in [0.1, 0.15) is 12.8 Å². The van der Waals surface area contributed by atoms with Crippen LogP contribution in [0.4, 0.5) is 4.39 Å². The van der Waals surface area contributed by atoms with E-state index in [0.29, 0.717) is 6.42 Å². The maximum absolute atomic E-state index is 11.7. The molecule has 0 aromatic rings. The van der Waals surface area contributed by atoms with Crippen LogP contribution < -0.4 is 11.5 Å². The van der Waals surface area contributed by atoms with E-state index in [-0.39, 0.29) is 6.42 Å². The van der Waals surface area contributed by atoms with Crippen LogP contribution in [0.5, 0.6) is 0 Å². The molecule has 2 atom stereocenters. The van der Waals surface area contributed by atoms with Gasteiger partial charge in [0, 0.05) is 6.04 Å². The first kappa shape index (κ1) is 10.3. The number of hydrogen-bond donors (Lipinski definition) is 3. The highest BCUT2D eigenvalue weighted by Gasteiger charge is 2.12. The van der Waals surface area contributed by atoms with Crippen LogP contribution in [0.15, 0.2) is 0 Å². The van der Waals surface area contributed by atoms with Gasteiger partial charge < -0.3 is 16.6 Å². The Balaban J connectivity index is 3.45. The summed E-state index contributed by atoms with van der Waals surface area (Å²) in [6, 6.07) is -1.51. The molecule has 5 heteroatoms. The zero-order valence-electron chi connectivity index (χ0n) is 6.16. The lowest BCUT2D eigenvalue weighted by Crippen LogP contribution is -2.33. The normalized spacial score (nSPS) is 15.9. The van der Waals surface area contributed by atoms with Crippen LogP contribution in [-0.4, -0.2) is 29.8 Å². The Morgan fingerprint density at radius 2 is 2.00 bits per heavy atom. The van der Waals surface area contributed by atoms with Gasteiger partial charge in [0.15, 0.2) is 0 Å². The molecule has 0 heterocycles. The highest BCUT2D eigenvalue weighted by molar-refractivity contribution is 5.72. The summed E-state index contributed by atoms with van der Waals surface area (Å²) in [6.45, 7) is -0.633. The molecule has 4 nitrogen and oxygen atoms in total. The first-order valence-corrected chi connectivity index (χ1v) is 3.38. The fraction of sp³-hybridized carbons (Fsp3) is 0.833. The average molecular weight is 164 g/mol. The monoisotopic (exact) mass is 164 g/mol. The van der Waals surface area contributed by atoms with Gasteiger partial charge in [-0.15, -0.1) is 0 Å². The van der Waals surface area contributed by atoms with Gasteiger partial charge in [0.25, 0.3) is 0 Å². The molecule has 66 valence electrons. The maximum atomic E-state index is 11.7. The van der Waals surface area contributed by atoms with Crippen molar-refractivity contribution < 1.29 is 14.3 Å². The van der Waals surface area contributed by atoms with Crippen molar-refractivity contribution >= 4 is 5.97 Å². The zero-order valence-corrected chi connectivity index (χ0v) is 6.16. The number of rotatable bonds is 5. The molecule has 0 aromatic carbocycles. The molecule has 0 aromatic heterocycles. The third-order valence-electron chi connectivity index (χ3n) is 1.36. The largest absolute Gasteiger partial charge is 0.480 e. The van der Waals surface area contributed by atoms with Gasteiger partial charge in [-0.25, -0.2) is 4.39 Å². The molecule has 0 spiro atoms. The van der Waals surface area contributed by atoms with Gasteiger partial charge in [-0.3, -0.25) is 4.79 Å². The molecular formula is C6H13FN2O2. The third kappa shape index (κ3) is 4.69. The molecule has 0 saturated heterocycles. The average Bonchev–Trinajstić information content (AvgIpc) is 1.99. The second kappa shape index (κ2) is 5.03. The van der Waals surface area contributed by atoms with Gasteiger partial charge in [-0.1, -0.05) is 0 Å². The number of halogens is 1. The SMILES string of the molecule is NC(CF)CC[C@H](N)C(=O)O. The molecule has 0 rings (SSSR count). The van der Waals surface area contributed by atoms with Crippen molar-refractivity contribution in [2.24, 2.45) is 11.5 Å². The minimum Gasteiger partial charge on any atom is -0.480 e. The molecule has 0 aliphatic carbocycles. The Bertz CT molecular complexity index is 132. The number of carbonyl (C=O) groups is 1. The minimum atomic E-state index is -1.07. The Labute approximate surface area is 64.4 Å². The van der Waals surface area contributed by atoms with Crippen LogP contribution in [0.2, 0.25) is 0 Å². The van der Waals surface area contributed by atoms with Gasteiger partial charge in [-0.2, -0.15) is 0 Å². The molecule has 0 amide bonds. The summed E-state index contributed by atoms with van der Waals surface area (Å²) in [5, 5.41) is 8.31. The second-order valence-electron chi connectivity index (χ2n) is 2.44. The van der Waals surface area contributed by atoms with E-state index in [1.807, 2.05) is 0 Å². The van der Waals surface area contributed by atoms with E-state index in [2.05, 4.69) is 0 Å². The number of alkyl halides is 1. The van der Waals surface area contributed by atoms with E-state index in [0.717, 1.165) is 0 Å². The number of nitrogens with two attached hydrogens (primary N) is 2. The molecule has 1 unspecified atom stereocenters. The molecule has 0 fully saturated rings. The Morgan fingerprint density at radius 1 is 1.45 bits per heavy atom. The van der Waals surface area contributed by atoms with Crippen LogP contribution >= 0.6 is 0 Å². The van der Waals surface area contributed by atoms with Crippen molar-refractivity contribution in [1.29, 1.82) is 0 Å². The van der Waals surface area contributed by atoms with Crippen molar-refractivity contribution in [2.45, 2.75) is 24.9 Å². The van der Waals surface area contributed by atoms with E-state index >= 15 is 0 Å². The molecular weight excluding hydrogens is 151 g/mol. The molecule has 0 bridgehead atoms. The summed E-state index contributed by atoms with van der Waals surface area (Å²) in [5.41, 5.74) is 10.3. The van der Waals surface area contributed by atoms with E-state index in [4.69, 9.17) is 16.6 Å². The molecule has 0 aliphatic heterocycles. The summed E-state index contributed by atoms with van der Waals surface area (Å²) in [5.74, 6) is -1.07. The molecule has 11 heavy (non-hydrogen) atoms. The van der Waals surface area contributed by atoms with Crippen LogP contribution in [0.3, 0.4) is 0 Å². The van der Waals surface area contributed by atoms with Crippen molar-refractivity contribution in [1.82, 2.24) is 0 Å². The van der Waals surface area contributed by atoms with E-state index < -0.39 is 24.7 Å². The third-order valence-corrected chi connectivity index (χ3v) is 1.36. The van der Waals surface area contributed by atoms with E-state index in [1.54, 1.807) is 0 Å². The second-order valence-corrected chi connectivity index (χ2v) is 2.44. The smallest absolute Gasteiger partial charge is 0.320 e. The Kier molecular flexibility index (Phi) is 4.72. The lowest BCUT2D eigenvalue weighted by Gasteiger charge is -2.08. The lowest BCUT2D eigenvalue weighted by molar-refractivity contribution is -0.138. The fourth-order valence-electron chi connectivity index (χ4n) is 0.594. The Morgan fingerprint density at radius 3 is 2.36 bits per heavy atom. The molecule has 0 saturated carbocycles.